The highest BCUT2D eigenvalue weighted by molar-refractivity contribution is 7.90. The van der Waals surface area contributed by atoms with Crippen molar-refractivity contribution in [3.8, 4) is 0 Å². The van der Waals surface area contributed by atoms with E-state index in [1.807, 2.05) is 32.9 Å². The first-order valence-electron chi connectivity index (χ1n) is 7.90. The van der Waals surface area contributed by atoms with E-state index in [4.69, 9.17) is 0 Å². The van der Waals surface area contributed by atoms with E-state index in [9.17, 15) is 13.2 Å². The molecule has 0 atom stereocenters. The normalized spacial score (nSPS) is 17.3. The molecule has 0 amide bonds. The fourth-order valence-electron chi connectivity index (χ4n) is 2.98. The molecule has 0 aromatic heterocycles. The van der Waals surface area contributed by atoms with Crippen LogP contribution in [-0.2, 0) is 14.8 Å². The van der Waals surface area contributed by atoms with Crippen LogP contribution >= 0.6 is 0 Å². The number of benzene rings is 1. The van der Waals surface area contributed by atoms with Crippen LogP contribution in [0.1, 0.15) is 37.5 Å². The van der Waals surface area contributed by atoms with Crippen LogP contribution in [0.2, 0.25) is 0 Å². The lowest BCUT2D eigenvalue weighted by Gasteiger charge is -2.16. The summed E-state index contributed by atoms with van der Waals surface area (Å²) in [6.07, 6.45) is 3.05. The topological polar surface area (TPSA) is 63.6 Å². The first-order valence-corrected chi connectivity index (χ1v) is 9.34. The predicted molar refractivity (Wildman–Crippen MR) is 97.0 cm³/mol. The summed E-state index contributed by atoms with van der Waals surface area (Å²) >= 11 is 0. The lowest BCUT2D eigenvalue weighted by atomic mass is 9.90. The number of hydrogen-bond acceptors (Lipinski definition) is 3. The lowest BCUT2D eigenvalue weighted by molar-refractivity contribution is -0.111. The van der Waals surface area contributed by atoms with Crippen molar-refractivity contribution in [1.29, 1.82) is 0 Å². The molecule has 5 heteroatoms. The van der Waals surface area contributed by atoms with E-state index in [0.717, 1.165) is 5.56 Å². The summed E-state index contributed by atoms with van der Waals surface area (Å²) in [7, 11) is -3.85. The van der Waals surface area contributed by atoms with E-state index in [2.05, 4.69) is 4.40 Å². The van der Waals surface area contributed by atoms with E-state index < -0.39 is 10.0 Å². The van der Waals surface area contributed by atoms with E-state index in [1.165, 1.54) is 6.08 Å². The van der Waals surface area contributed by atoms with Gasteiger partial charge in [-0.2, -0.15) is 12.8 Å². The maximum absolute atomic E-state index is 12.8. The monoisotopic (exact) mass is 345 g/mol. The number of sulfonamides is 1. The third-order valence-electron chi connectivity index (χ3n) is 4.03. The van der Waals surface area contributed by atoms with Gasteiger partial charge in [0.05, 0.1) is 10.6 Å². The Morgan fingerprint density at radius 2 is 1.50 bits per heavy atom. The van der Waals surface area contributed by atoms with Crippen molar-refractivity contribution in [3.63, 3.8) is 0 Å². The summed E-state index contributed by atoms with van der Waals surface area (Å²) in [5.41, 5.74) is 3.84. The fourth-order valence-corrected chi connectivity index (χ4v) is 4.46. The highest BCUT2D eigenvalue weighted by Gasteiger charge is 2.23. The van der Waals surface area contributed by atoms with Crippen LogP contribution in [-0.4, -0.2) is 19.9 Å². The highest BCUT2D eigenvalue weighted by atomic mass is 32.2. The summed E-state index contributed by atoms with van der Waals surface area (Å²) in [6.45, 7) is 11.0. The zero-order valence-corrected chi connectivity index (χ0v) is 15.8. The molecule has 0 radical (unpaired) electrons. The van der Waals surface area contributed by atoms with Gasteiger partial charge in [0, 0.05) is 5.57 Å². The Hall–Kier alpha value is -2.01. The van der Waals surface area contributed by atoms with Gasteiger partial charge < -0.3 is 0 Å². The van der Waals surface area contributed by atoms with Gasteiger partial charge in [0.15, 0.2) is 5.78 Å². The van der Waals surface area contributed by atoms with Gasteiger partial charge in [-0.15, -0.1) is 0 Å². The molecule has 128 valence electrons. The Kier molecular flexibility index (Phi) is 4.95. The molecule has 0 aliphatic heterocycles. The molecule has 0 fully saturated rings. The van der Waals surface area contributed by atoms with Crippen LogP contribution in [0.25, 0.3) is 0 Å². The molecule has 4 nitrogen and oxygen atoms in total. The minimum atomic E-state index is -3.85. The molecule has 2 rings (SSSR count). The first-order chi connectivity index (χ1) is 11.0. The van der Waals surface area contributed by atoms with Crippen LogP contribution in [0.4, 0.5) is 0 Å². The molecule has 0 heterocycles. The third kappa shape index (κ3) is 3.56. The van der Waals surface area contributed by atoms with Gasteiger partial charge in [-0.25, -0.2) is 0 Å². The van der Waals surface area contributed by atoms with Gasteiger partial charge in [0.2, 0.25) is 0 Å². The number of carbonyl (C=O) groups is 1. The van der Waals surface area contributed by atoms with Crippen LogP contribution in [0, 0.1) is 26.7 Å². The molecule has 0 N–H and O–H groups in total. The van der Waals surface area contributed by atoms with Gasteiger partial charge in [0.25, 0.3) is 10.0 Å². The Morgan fingerprint density at radius 3 is 2.00 bits per heavy atom. The Bertz CT molecular complexity index is 878. The quantitative estimate of drug-likeness (QED) is 0.782. The molecule has 0 saturated carbocycles. The van der Waals surface area contributed by atoms with Crippen molar-refractivity contribution in [1.82, 2.24) is 0 Å². The first kappa shape index (κ1) is 18.3. The summed E-state index contributed by atoms with van der Waals surface area (Å²) in [4.78, 5) is 12.3. The zero-order chi connectivity index (χ0) is 18.2. The molecule has 1 aromatic rings. The van der Waals surface area contributed by atoms with Crippen molar-refractivity contribution < 1.29 is 13.2 Å². The SMILES string of the molecule is CC1=CC(=O)C(C(C)C)=CC1=NS(=O)(=O)c1c(C)cc(C)cc1C. The molecular weight excluding hydrogens is 322 g/mol. The van der Waals surface area contributed by atoms with Crippen molar-refractivity contribution in [2.75, 3.05) is 0 Å². The summed E-state index contributed by atoms with van der Waals surface area (Å²) in [5, 5.41) is 0. The molecule has 0 bridgehead atoms. The standard InChI is InChI=1S/C19H23NO3S/c1-11(2)16-10-17(13(4)9-18(16)21)20-24(22,23)19-14(5)7-12(3)8-15(19)6/h7-11H,1-6H3. The molecule has 1 aliphatic rings. The zero-order valence-electron chi connectivity index (χ0n) is 15.0. The van der Waals surface area contributed by atoms with Gasteiger partial charge in [0.1, 0.15) is 0 Å². The minimum absolute atomic E-state index is 0.0117. The molecule has 1 aliphatic carbocycles. The number of carbonyl (C=O) groups excluding carboxylic acids is 1. The summed E-state index contributed by atoms with van der Waals surface area (Å²) in [5.74, 6) is -0.0702. The number of allylic oxidation sites excluding steroid dienone is 4. The number of ketones is 1. The fraction of sp³-hybridized carbons (Fsp3) is 0.368. The van der Waals surface area contributed by atoms with Crippen LogP contribution in [0.3, 0.4) is 0 Å². The molecule has 1 aromatic carbocycles. The number of nitrogens with zero attached hydrogens (tertiary/aromatic N) is 1. The van der Waals surface area contributed by atoms with Gasteiger partial charge in [-0.3, -0.25) is 4.79 Å². The molecule has 24 heavy (non-hydrogen) atoms. The van der Waals surface area contributed by atoms with Crippen molar-refractivity contribution in [3.05, 3.63) is 52.1 Å². The minimum Gasteiger partial charge on any atom is -0.290 e. The largest absolute Gasteiger partial charge is 0.290 e. The average molecular weight is 345 g/mol. The van der Waals surface area contributed by atoms with Gasteiger partial charge in [-0.05, 0) is 62.5 Å². The van der Waals surface area contributed by atoms with Crippen molar-refractivity contribution >= 4 is 21.5 Å². The Labute approximate surface area is 144 Å². The van der Waals surface area contributed by atoms with Crippen molar-refractivity contribution in [2.24, 2.45) is 10.3 Å². The Morgan fingerprint density at radius 1 is 0.958 bits per heavy atom. The van der Waals surface area contributed by atoms with Crippen LogP contribution < -0.4 is 0 Å². The van der Waals surface area contributed by atoms with E-state index in [1.54, 1.807) is 26.8 Å². The molecular formula is C19H23NO3S. The molecule has 0 unspecified atom stereocenters. The number of aryl methyl sites for hydroxylation is 3. The smallest absolute Gasteiger partial charge is 0.283 e. The summed E-state index contributed by atoms with van der Waals surface area (Å²) in [6, 6.07) is 3.67. The highest BCUT2D eigenvalue weighted by Crippen LogP contribution is 2.26. The predicted octanol–water partition coefficient (Wildman–Crippen LogP) is 3.85. The van der Waals surface area contributed by atoms with E-state index in [0.29, 0.717) is 28.0 Å². The second-order valence-corrected chi connectivity index (χ2v) is 8.17. The molecule has 0 saturated heterocycles. The maximum Gasteiger partial charge on any atom is 0.283 e. The maximum atomic E-state index is 12.8. The second kappa shape index (κ2) is 6.48. The van der Waals surface area contributed by atoms with Crippen LogP contribution in [0.5, 0.6) is 0 Å². The molecule has 0 spiro atoms. The third-order valence-corrected chi connectivity index (χ3v) is 5.63. The van der Waals surface area contributed by atoms with Gasteiger partial charge >= 0.3 is 0 Å². The average Bonchev–Trinajstić information content (AvgIpc) is 2.39. The van der Waals surface area contributed by atoms with Gasteiger partial charge in [-0.1, -0.05) is 31.5 Å². The van der Waals surface area contributed by atoms with Crippen LogP contribution in [0.15, 0.2) is 44.7 Å². The lowest BCUT2D eigenvalue weighted by Crippen LogP contribution is -2.17. The Balaban J connectivity index is 2.61. The van der Waals surface area contributed by atoms with Crippen molar-refractivity contribution in [2.45, 2.75) is 46.4 Å². The number of rotatable bonds is 3. The van der Waals surface area contributed by atoms with E-state index >= 15 is 0 Å². The summed E-state index contributed by atoms with van der Waals surface area (Å²) < 4.78 is 29.7. The van der Waals surface area contributed by atoms with E-state index in [-0.39, 0.29) is 16.6 Å². The number of hydrogen-bond donors (Lipinski definition) is 0. The second-order valence-electron chi connectivity index (χ2n) is 6.63.